The Morgan fingerprint density at radius 1 is 1.46 bits per heavy atom. The maximum absolute atomic E-state index is 5.68. The predicted molar refractivity (Wildman–Crippen MR) is 61.0 cm³/mol. The van der Waals surface area contributed by atoms with Gasteiger partial charge < -0.3 is 5.73 Å². The average Bonchev–Trinajstić information content (AvgIpc) is 2.46. The normalized spacial score (nSPS) is 27.2. The highest BCUT2D eigenvalue weighted by atomic mass is 79.9. The molecule has 0 saturated heterocycles. The van der Waals surface area contributed by atoms with Crippen LogP contribution in [0.2, 0.25) is 0 Å². The molecule has 1 saturated carbocycles. The second-order valence-electron chi connectivity index (χ2n) is 3.73. The standard InChI is InChI=1S/C10H14BrNS/c11-9-3-4-13-10(9)5-7-1-2-8(7)6-12/h3-4,7-8H,1-2,5-6,12H2. The van der Waals surface area contributed by atoms with Crippen LogP contribution in [0.1, 0.15) is 17.7 Å². The van der Waals surface area contributed by atoms with Gasteiger partial charge in [-0.05, 0) is 65.0 Å². The first-order valence-corrected chi connectivity index (χ1v) is 6.40. The van der Waals surface area contributed by atoms with E-state index < -0.39 is 0 Å². The van der Waals surface area contributed by atoms with Crippen LogP contribution in [-0.4, -0.2) is 6.54 Å². The first kappa shape index (κ1) is 9.69. The van der Waals surface area contributed by atoms with Gasteiger partial charge >= 0.3 is 0 Å². The van der Waals surface area contributed by atoms with E-state index in [-0.39, 0.29) is 0 Å². The van der Waals surface area contributed by atoms with Gasteiger partial charge in [0.2, 0.25) is 0 Å². The Labute approximate surface area is 91.5 Å². The minimum Gasteiger partial charge on any atom is -0.330 e. The minimum atomic E-state index is 0.786. The number of rotatable bonds is 3. The molecule has 1 aliphatic rings. The molecule has 0 aliphatic heterocycles. The first-order chi connectivity index (χ1) is 6.31. The molecule has 1 nitrogen and oxygen atoms in total. The SMILES string of the molecule is NCC1CCC1Cc1sccc1Br. The number of nitrogens with two attached hydrogens (primary N) is 1. The summed E-state index contributed by atoms with van der Waals surface area (Å²) in [5, 5.41) is 2.15. The number of hydrogen-bond donors (Lipinski definition) is 1. The molecule has 0 bridgehead atoms. The Balaban J connectivity index is 1.95. The third-order valence-corrected chi connectivity index (χ3v) is 4.96. The van der Waals surface area contributed by atoms with Crippen molar-refractivity contribution in [3.05, 3.63) is 20.8 Å². The van der Waals surface area contributed by atoms with Crippen molar-refractivity contribution in [2.45, 2.75) is 19.3 Å². The molecule has 1 heterocycles. The largest absolute Gasteiger partial charge is 0.330 e. The van der Waals surface area contributed by atoms with Gasteiger partial charge in [0.05, 0.1) is 0 Å². The molecule has 2 unspecified atom stereocenters. The molecule has 0 spiro atoms. The molecule has 2 rings (SSSR count). The van der Waals surface area contributed by atoms with Gasteiger partial charge in [-0.3, -0.25) is 0 Å². The van der Waals surface area contributed by atoms with E-state index in [2.05, 4.69) is 27.4 Å². The number of halogens is 1. The fourth-order valence-corrected chi connectivity index (χ4v) is 3.53. The molecule has 0 aromatic carbocycles. The summed E-state index contributed by atoms with van der Waals surface area (Å²) in [4.78, 5) is 1.49. The zero-order chi connectivity index (χ0) is 9.26. The lowest BCUT2D eigenvalue weighted by Crippen LogP contribution is -2.33. The Morgan fingerprint density at radius 3 is 2.69 bits per heavy atom. The number of hydrogen-bond acceptors (Lipinski definition) is 2. The van der Waals surface area contributed by atoms with Crippen molar-refractivity contribution in [1.82, 2.24) is 0 Å². The topological polar surface area (TPSA) is 26.0 Å². The van der Waals surface area contributed by atoms with E-state index >= 15 is 0 Å². The highest BCUT2D eigenvalue weighted by Crippen LogP contribution is 2.38. The highest BCUT2D eigenvalue weighted by molar-refractivity contribution is 9.10. The molecule has 1 fully saturated rings. The van der Waals surface area contributed by atoms with Gasteiger partial charge in [0.15, 0.2) is 0 Å². The molecule has 0 amide bonds. The summed E-state index contributed by atoms with van der Waals surface area (Å²) in [7, 11) is 0. The van der Waals surface area contributed by atoms with E-state index in [1.165, 1.54) is 28.6 Å². The summed E-state index contributed by atoms with van der Waals surface area (Å²) < 4.78 is 1.28. The van der Waals surface area contributed by atoms with Crippen molar-refractivity contribution in [3.63, 3.8) is 0 Å². The van der Waals surface area contributed by atoms with Crippen molar-refractivity contribution >= 4 is 27.3 Å². The summed E-state index contributed by atoms with van der Waals surface area (Å²) >= 11 is 5.42. The lowest BCUT2D eigenvalue weighted by molar-refractivity contribution is 0.184. The van der Waals surface area contributed by atoms with Crippen LogP contribution in [0.4, 0.5) is 0 Å². The predicted octanol–water partition coefficient (Wildman–Crippen LogP) is 3.04. The molecule has 3 heteroatoms. The zero-order valence-electron chi connectivity index (χ0n) is 7.50. The molecule has 1 aliphatic carbocycles. The molecule has 1 aromatic heterocycles. The zero-order valence-corrected chi connectivity index (χ0v) is 9.90. The second kappa shape index (κ2) is 4.11. The Hall–Kier alpha value is 0.140. The van der Waals surface area contributed by atoms with Crippen LogP contribution in [0.3, 0.4) is 0 Å². The van der Waals surface area contributed by atoms with Crippen molar-refractivity contribution < 1.29 is 0 Å². The highest BCUT2D eigenvalue weighted by Gasteiger charge is 2.29. The maximum Gasteiger partial charge on any atom is 0.0314 e. The van der Waals surface area contributed by atoms with Crippen molar-refractivity contribution in [2.75, 3.05) is 6.54 Å². The summed E-state index contributed by atoms with van der Waals surface area (Å²) in [6.07, 6.45) is 3.93. The summed E-state index contributed by atoms with van der Waals surface area (Å²) in [6.45, 7) is 0.869. The number of thiophene rings is 1. The quantitative estimate of drug-likeness (QED) is 0.888. The van der Waals surface area contributed by atoms with Gasteiger partial charge in [0, 0.05) is 9.35 Å². The molecular formula is C10H14BrNS. The molecule has 13 heavy (non-hydrogen) atoms. The average molecular weight is 260 g/mol. The van der Waals surface area contributed by atoms with Crippen LogP contribution in [0, 0.1) is 11.8 Å². The Morgan fingerprint density at radius 2 is 2.23 bits per heavy atom. The molecule has 72 valence electrons. The van der Waals surface area contributed by atoms with Gasteiger partial charge in [-0.15, -0.1) is 11.3 Å². The van der Waals surface area contributed by atoms with Crippen LogP contribution in [0.5, 0.6) is 0 Å². The summed E-state index contributed by atoms with van der Waals surface area (Å²) in [5.41, 5.74) is 5.68. The minimum absolute atomic E-state index is 0.786. The van der Waals surface area contributed by atoms with Gasteiger partial charge in [-0.2, -0.15) is 0 Å². The molecular weight excluding hydrogens is 246 g/mol. The van der Waals surface area contributed by atoms with E-state index in [1.807, 2.05) is 11.3 Å². The fourth-order valence-electron chi connectivity index (χ4n) is 1.93. The monoisotopic (exact) mass is 259 g/mol. The summed E-state index contributed by atoms with van der Waals surface area (Å²) in [6, 6.07) is 2.14. The molecule has 2 N–H and O–H groups in total. The molecule has 2 atom stereocenters. The fraction of sp³-hybridized carbons (Fsp3) is 0.600. The van der Waals surface area contributed by atoms with Crippen LogP contribution in [-0.2, 0) is 6.42 Å². The van der Waals surface area contributed by atoms with E-state index in [0.29, 0.717) is 0 Å². The van der Waals surface area contributed by atoms with E-state index in [9.17, 15) is 0 Å². The Kier molecular flexibility index (Phi) is 3.06. The first-order valence-electron chi connectivity index (χ1n) is 4.73. The second-order valence-corrected chi connectivity index (χ2v) is 5.58. The van der Waals surface area contributed by atoms with E-state index in [4.69, 9.17) is 5.73 Å². The lowest BCUT2D eigenvalue weighted by atomic mass is 9.72. The third kappa shape index (κ3) is 1.97. The van der Waals surface area contributed by atoms with Gasteiger partial charge in [-0.25, -0.2) is 0 Å². The van der Waals surface area contributed by atoms with Gasteiger partial charge in [0.25, 0.3) is 0 Å². The van der Waals surface area contributed by atoms with Gasteiger partial charge in [0.1, 0.15) is 0 Å². The van der Waals surface area contributed by atoms with Crippen molar-refractivity contribution in [3.8, 4) is 0 Å². The smallest absolute Gasteiger partial charge is 0.0314 e. The van der Waals surface area contributed by atoms with Crippen LogP contribution >= 0.6 is 27.3 Å². The maximum atomic E-state index is 5.68. The van der Waals surface area contributed by atoms with Crippen molar-refractivity contribution in [2.24, 2.45) is 17.6 Å². The third-order valence-electron chi connectivity index (χ3n) is 3.02. The molecule has 0 radical (unpaired) electrons. The van der Waals surface area contributed by atoms with E-state index in [1.54, 1.807) is 0 Å². The lowest BCUT2D eigenvalue weighted by Gasteiger charge is -2.35. The van der Waals surface area contributed by atoms with Crippen LogP contribution in [0.25, 0.3) is 0 Å². The summed E-state index contributed by atoms with van der Waals surface area (Å²) in [5.74, 6) is 1.63. The van der Waals surface area contributed by atoms with Gasteiger partial charge in [-0.1, -0.05) is 0 Å². The van der Waals surface area contributed by atoms with E-state index in [0.717, 1.165) is 18.4 Å². The van der Waals surface area contributed by atoms with Crippen molar-refractivity contribution in [1.29, 1.82) is 0 Å². The Bertz CT molecular complexity index is 282. The molecule has 1 aromatic rings. The van der Waals surface area contributed by atoms with Crippen LogP contribution in [0.15, 0.2) is 15.9 Å². The van der Waals surface area contributed by atoms with Crippen LogP contribution < -0.4 is 5.73 Å².